The summed E-state index contributed by atoms with van der Waals surface area (Å²) in [4.78, 5) is 15.2. The van der Waals surface area contributed by atoms with Gasteiger partial charge in [0, 0.05) is 18.5 Å². The number of benzene rings is 2. The van der Waals surface area contributed by atoms with Crippen LogP contribution in [0.25, 0.3) is 10.8 Å². The van der Waals surface area contributed by atoms with Crippen molar-refractivity contribution in [1.82, 2.24) is 4.90 Å². The van der Waals surface area contributed by atoms with Gasteiger partial charge in [0.15, 0.2) is 0 Å². The molecular weight excluding hydrogens is 360 g/mol. The Labute approximate surface area is 160 Å². The maximum absolute atomic E-state index is 13.1. The second-order valence-electron chi connectivity index (χ2n) is 8.08. The molecule has 142 valence electrons. The normalized spacial score (nSPS) is 26.2. The van der Waals surface area contributed by atoms with E-state index in [2.05, 4.69) is 0 Å². The van der Waals surface area contributed by atoms with Crippen molar-refractivity contribution in [3.05, 3.63) is 36.4 Å². The number of piperidine rings is 1. The summed E-state index contributed by atoms with van der Waals surface area (Å²) in [5.74, 6) is 1.26. The van der Waals surface area contributed by atoms with Crippen LogP contribution in [0.4, 0.5) is 5.69 Å². The second kappa shape index (κ2) is 6.23. The molecule has 2 heterocycles. The van der Waals surface area contributed by atoms with Gasteiger partial charge in [-0.15, -0.1) is 0 Å². The first-order valence-electron chi connectivity index (χ1n) is 9.88. The Morgan fingerprint density at radius 2 is 1.74 bits per heavy atom. The van der Waals surface area contributed by atoms with Gasteiger partial charge in [0.25, 0.3) is 10.0 Å². The summed E-state index contributed by atoms with van der Waals surface area (Å²) in [6, 6.07) is 10.9. The molecule has 2 aromatic rings. The summed E-state index contributed by atoms with van der Waals surface area (Å²) < 4.78 is 27.4. The largest absolute Gasteiger partial charge is 0.341 e. The quantitative estimate of drug-likeness (QED) is 0.797. The number of hydrogen-bond acceptors (Lipinski definition) is 3. The molecule has 1 saturated heterocycles. The summed E-state index contributed by atoms with van der Waals surface area (Å²) in [6.07, 6.45) is 6.09. The van der Waals surface area contributed by atoms with Gasteiger partial charge in [-0.1, -0.05) is 43.5 Å². The zero-order valence-electron chi connectivity index (χ0n) is 15.3. The standard InChI is InChI=1S/C21H24N2O3S/c24-20(22-12-11-15-5-1-2-6-17(15)13-22)14-23-18-9-3-7-16-8-4-10-19(21(16)18)27(23,25)26/h3-4,7-10,15,17H,1-2,5-6,11-14H2/t15-,17-/m1/s1. The van der Waals surface area contributed by atoms with Crippen molar-refractivity contribution in [3.63, 3.8) is 0 Å². The van der Waals surface area contributed by atoms with E-state index in [1.54, 1.807) is 18.2 Å². The van der Waals surface area contributed by atoms with Gasteiger partial charge in [0.05, 0.1) is 10.6 Å². The van der Waals surface area contributed by atoms with Crippen LogP contribution in [0.1, 0.15) is 32.1 Å². The first kappa shape index (κ1) is 17.0. The zero-order chi connectivity index (χ0) is 18.6. The van der Waals surface area contributed by atoms with Crippen LogP contribution in [0.15, 0.2) is 41.3 Å². The summed E-state index contributed by atoms with van der Waals surface area (Å²) >= 11 is 0. The lowest BCUT2D eigenvalue weighted by Crippen LogP contribution is -2.48. The van der Waals surface area contributed by atoms with Gasteiger partial charge in [-0.25, -0.2) is 8.42 Å². The number of likely N-dealkylation sites (tertiary alicyclic amines) is 1. The van der Waals surface area contributed by atoms with E-state index in [-0.39, 0.29) is 12.5 Å². The maximum atomic E-state index is 13.1. The molecule has 0 aromatic heterocycles. The summed E-state index contributed by atoms with van der Waals surface area (Å²) in [6.45, 7) is 1.44. The number of sulfonamides is 1. The molecule has 2 fully saturated rings. The molecule has 5 rings (SSSR count). The highest BCUT2D eigenvalue weighted by Gasteiger charge is 2.39. The number of fused-ring (bicyclic) bond motifs is 1. The zero-order valence-corrected chi connectivity index (χ0v) is 16.1. The molecule has 5 nitrogen and oxygen atoms in total. The minimum Gasteiger partial charge on any atom is -0.341 e. The van der Waals surface area contributed by atoms with Crippen molar-refractivity contribution in [3.8, 4) is 0 Å². The SMILES string of the molecule is O=C(CN1c2cccc3cccc(c23)S1(=O)=O)N1CC[C@H]2CCCC[C@@H]2C1. The Kier molecular flexibility index (Phi) is 3.93. The number of carbonyl (C=O) groups is 1. The molecule has 0 unspecified atom stereocenters. The Hall–Kier alpha value is -2.08. The van der Waals surface area contributed by atoms with Crippen LogP contribution >= 0.6 is 0 Å². The first-order chi connectivity index (χ1) is 13.1. The molecule has 2 atom stereocenters. The van der Waals surface area contributed by atoms with Gasteiger partial charge in [-0.2, -0.15) is 0 Å². The van der Waals surface area contributed by atoms with Gasteiger partial charge >= 0.3 is 0 Å². The number of rotatable bonds is 2. The van der Waals surface area contributed by atoms with E-state index in [9.17, 15) is 13.2 Å². The minimum absolute atomic E-state index is 0.0765. The summed E-state index contributed by atoms with van der Waals surface area (Å²) in [5, 5.41) is 1.63. The van der Waals surface area contributed by atoms with Crippen molar-refractivity contribution < 1.29 is 13.2 Å². The molecule has 1 aliphatic carbocycles. The fraction of sp³-hybridized carbons (Fsp3) is 0.476. The van der Waals surface area contributed by atoms with Gasteiger partial charge in [0.2, 0.25) is 5.91 Å². The van der Waals surface area contributed by atoms with Crippen LogP contribution in [0.3, 0.4) is 0 Å². The third-order valence-corrected chi connectivity index (χ3v) is 8.41. The van der Waals surface area contributed by atoms with E-state index in [0.717, 1.165) is 36.2 Å². The summed E-state index contributed by atoms with van der Waals surface area (Å²) in [7, 11) is -3.67. The molecule has 3 aliphatic rings. The second-order valence-corrected chi connectivity index (χ2v) is 9.91. The lowest BCUT2D eigenvalue weighted by molar-refractivity contribution is -0.132. The number of hydrogen-bond donors (Lipinski definition) is 0. The lowest BCUT2D eigenvalue weighted by atomic mass is 9.75. The van der Waals surface area contributed by atoms with Crippen LogP contribution in [0.2, 0.25) is 0 Å². The Morgan fingerprint density at radius 3 is 2.56 bits per heavy atom. The van der Waals surface area contributed by atoms with Gasteiger partial charge in [-0.3, -0.25) is 9.10 Å². The molecule has 2 aliphatic heterocycles. The lowest BCUT2D eigenvalue weighted by Gasteiger charge is -2.41. The molecular formula is C21H24N2O3S. The Bertz CT molecular complexity index is 1010. The molecule has 2 aromatic carbocycles. The van der Waals surface area contributed by atoms with E-state index < -0.39 is 10.0 Å². The molecule has 1 amide bonds. The topological polar surface area (TPSA) is 57.7 Å². The smallest absolute Gasteiger partial charge is 0.265 e. The number of amides is 1. The maximum Gasteiger partial charge on any atom is 0.265 e. The van der Waals surface area contributed by atoms with Gasteiger partial charge in [0.1, 0.15) is 6.54 Å². The first-order valence-corrected chi connectivity index (χ1v) is 11.3. The van der Waals surface area contributed by atoms with Crippen LogP contribution in [0.5, 0.6) is 0 Å². The molecule has 27 heavy (non-hydrogen) atoms. The van der Waals surface area contributed by atoms with E-state index in [1.165, 1.54) is 30.0 Å². The highest BCUT2D eigenvalue weighted by atomic mass is 32.2. The van der Waals surface area contributed by atoms with Gasteiger partial charge < -0.3 is 4.90 Å². The third-order valence-electron chi connectivity index (χ3n) is 6.60. The van der Waals surface area contributed by atoms with E-state index in [1.807, 2.05) is 23.1 Å². The number of carbonyl (C=O) groups excluding carboxylic acids is 1. The highest BCUT2D eigenvalue weighted by molar-refractivity contribution is 7.93. The summed E-state index contributed by atoms with van der Waals surface area (Å²) in [5.41, 5.74) is 0.629. The Morgan fingerprint density at radius 1 is 1.00 bits per heavy atom. The van der Waals surface area contributed by atoms with Crippen molar-refractivity contribution in [2.24, 2.45) is 11.8 Å². The molecule has 6 heteroatoms. The Balaban J connectivity index is 1.41. The third kappa shape index (κ3) is 2.64. The van der Waals surface area contributed by atoms with E-state index in [4.69, 9.17) is 0 Å². The van der Waals surface area contributed by atoms with Crippen LogP contribution in [-0.4, -0.2) is 38.9 Å². The predicted octanol–water partition coefficient (Wildman–Crippen LogP) is 3.39. The average molecular weight is 385 g/mol. The van der Waals surface area contributed by atoms with Gasteiger partial charge in [-0.05, 0) is 42.2 Å². The van der Waals surface area contributed by atoms with Crippen LogP contribution < -0.4 is 4.31 Å². The van der Waals surface area contributed by atoms with E-state index in [0.29, 0.717) is 16.5 Å². The van der Waals surface area contributed by atoms with Crippen molar-refractivity contribution in [1.29, 1.82) is 0 Å². The molecule has 0 N–H and O–H groups in total. The minimum atomic E-state index is -3.67. The van der Waals surface area contributed by atoms with E-state index >= 15 is 0 Å². The number of nitrogens with zero attached hydrogens (tertiary/aromatic N) is 2. The fourth-order valence-corrected chi connectivity index (χ4v) is 6.84. The van der Waals surface area contributed by atoms with Crippen molar-refractivity contribution >= 4 is 32.4 Å². The van der Waals surface area contributed by atoms with Crippen LogP contribution in [0, 0.1) is 11.8 Å². The molecule has 0 spiro atoms. The van der Waals surface area contributed by atoms with Crippen molar-refractivity contribution in [2.75, 3.05) is 23.9 Å². The van der Waals surface area contributed by atoms with Crippen molar-refractivity contribution in [2.45, 2.75) is 37.0 Å². The highest BCUT2D eigenvalue weighted by Crippen LogP contribution is 2.42. The average Bonchev–Trinajstić information content (AvgIpc) is 2.91. The molecule has 1 saturated carbocycles. The molecule has 0 radical (unpaired) electrons. The fourth-order valence-electron chi connectivity index (χ4n) is 5.18. The monoisotopic (exact) mass is 384 g/mol. The number of anilines is 1. The molecule has 0 bridgehead atoms. The van der Waals surface area contributed by atoms with Crippen LogP contribution in [-0.2, 0) is 14.8 Å². The predicted molar refractivity (Wildman–Crippen MR) is 105 cm³/mol.